The summed E-state index contributed by atoms with van der Waals surface area (Å²) in [6.45, 7) is 5.48. The molecule has 0 aromatic carbocycles. The fraction of sp³-hybridized carbons (Fsp3) is 0.600. The number of aromatic nitrogens is 1. The highest BCUT2D eigenvalue weighted by Gasteiger charge is 2.23. The Kier molecular flexibility index (Phi) is 5.95. The van der Waals surface area contributed by atoms with Crippen LogP contribution in [0.1, 0.15) is 30.1 Å². The predicted octanol–water partition coefficient (Wildman–Crippen LogP) is 1.74. The van der Waals surface area contributed by atoms with E-state index in [1.807, 2.05) is 11.8 Å². The van der Waals surface area contributed by atoms with Gasteiger partial charge in [-0.05, 0) is 31.9 Å². The van der Waals surface area contributed by atoms with Crippen molar-refractivity contribution in [1.82, 2.24) is 9.88 Å². The second-order valence-corrected chi connectivity index (χ2v) is 4.80. The van der Waals surface area contributed by atoms with Crippen molar-refractivity contribution in [2.24, 2.45) is 0 Å². The van der Waals surface area contributed by atoms with Crippen LogP contribution >= 0.6 is 0 Å². The maximum absolute atomic E-state index is 12.2. The standard InChI is InChI=1S/C15H22N2O3/c1-2-19-11-12-20-14-5-9-17(10-6-14)15(18)13-3-7-16-8-4-13/h3-4,7-8,14H,2,5-6,9-12H2,1H3. The molecular weight excluding hydrogens is 256 g/mol. The summed E-state index contributed by atoms with van der Waals surface area (Å²) in [7, 11) is 0. The van der Waals surface area contributed by atoms with Crippen LogP contribution in [0.4, 0.5) is 0 Å². The van der Waals surface area contributed by atoms with E-state index in [9.17, 15) is 4.79 Å². The SMILES string of the molecule is CCOCCOC1CCN(C(=O)c2ccncc2)CC1. The Balaban J connectivity index is 1.73. The molecule has 2 heterocycles. The van der Waals surface area contributed by atoms with Crippen molar-refractivity contribution < 1.29 is 14.3 Å². The number of hydrogen-bond acceptors (Lipinski definition) is 4. The van der Waals surface area contributed by atoms with Gasteiger partial charge in [0.25, 0.3) is 5.91 Å². The van der Waals surface area contributed by atoms with Crippen molar-refractivity contribution in [3.63, 3.8) is 0 Å². The Labute approximate surface area is 119 Å². The van der Waals surface area contributed by atoms with Crippen LogP contribution in [0.25, 0.3) is 0 Å². The molecule has 1 aromatic heterocycles. The largest absolute Gasteiger partial charge is 0.379 e. The molecule has 1 aliphatic heterocycles. The fourth-order valence-electron chi connectivity index (χ4n) is 2.32. The third kappa shape index (κ3) is 4.28. The molecule has 2 rings (SSSR count). The quantitative estimate of drug-likeness (QED) is 0.744. The van der Waals surface area contributed by atoms with Crippen LogP contribution in [0.5, 0.6) is 0 Å². The molecule has 0 saturated carbocycles. The fourth-order valence-corrected chi connectivity index (χ4v) is 2.32. The molecule has 1 aromatic rings. The van der Waals surface area contributed by atoms with E-state index in [-0.39, 0.29) is 12.0 Å². The molecule has 0 spiro atoms. The lowest BCUT2D eigenvalue weighted by Crippen LogP contribution is -2.41. The maximum atomic E-state index is 12.2. The van der Waals surface area contributed by atoms with Gasteiger partial charge in [0.1, 0.15) is 0 Å². The van der Waals surface area contributed by atoms with Crippen LogP contribution in [-0.4, -0.2) is 54.8 Å². The van der Waals surface area contributed by atoms with Gasteiger partial charge in [-0.2, -0.15) is 0 Å². The number of hydrogen-bond donors (Lipinski definition) is 0. The molecule has 20 heavy (non-hydrogen) atoms. The van der Waals surface area contributed by atoms with E-state index in [1.165, 1.54) is 0 Å². The molecule has 1 saturated heterocycles. The van der Waals surface area contributed by atoms with Gasteiger partial charge in [0.15, 0.2) is 0 Å². The summed E-state index contributed by atoms with van der Waals surface area (Å²) >= 11 is 0. The summed E-state index contributed by atoms with van der Waals surface area (Å²) < 4.78 is 11.0. The molecule has 0 bridgehead atoms. The number of pyridine rings is 1. The minimum absolute atomic E-state index is 0.0835. The topological polar surface area (TPSA) is 51.7 Å². The van der Waals surface area contributed by atoms with Gasteiger partial charge in [-0.25, -0.2) is 0 Å². The van der Waals surface area contributed by atoms with Gasteiger partial charge in [0.2, 0.25) is 0 Å². The normalized spacial score (nSPS) is 16.4. The van der Waals surface area contributed by atoms with Crippen molar-refractivity contribution in [2.45, 2.75) is 25.9 Å². The Morgan fingerprint density at radius 2 is 2.00 bits per heavy atom. The summed E-state index contributed by atoms with van der Waals surface area (Å²) in [5, 5.41) is 0. The average Bonchev–Trinajstić information content (AvgIpc) is 2.52. The van der Waals surface area contributed by atoms with E-state index < -0.39 is 0 Å². The van der Waals surface area contributed by atoms with Gasteiger partial charge in [-0.1, -0.05) is 0 Å². The zero-order chi connectivity index (χ0) is 14.2. The molecule has 1 fully saturated rings. The molecule has 0 N–H and O–H groups in total. The highest BCUT2D eigenvalue weighted by Crippen LogP contribution is 2.16. The Morgan fingerprint density at radius 3 is 2.65 bits per heavy atom. The smallest absolute Gasteiger partial charge is 0.253 e. The number of piperidine rings is 1. The second kappa shape index (κ2) is 7.97. The number of amides is 1. The monoisotopic (exact) mass is 278 g/mol. The Morgan fingerprint density at radius 1 is 1.30 bits per heavy atom. The van der Waals surface area contributed by atoms with Crippen molar-refractivity contribution >= 4 is 5.91 Å². The minimum Gasteiger partial charge on any atom is -0.379 e. The van der Waals surface area contributed by atoms with E-state index in [2.05, 4.69) is 4.98 Å². The zero-order valence-corrected chi connectivity index (χ0v) is 12.0. The first-order chi connectivity index (χ1) is 9.81. The van der Waals surface area contributed by atoms with Crippen LogP contribution in [-0.2, 0) is 9.47 Å². The van der Waals surface area contributed by atoms with Crippen LogP contribution in [0, 0.1) is 0 Å². The number of ether oxygens (including phenoxy) is 2. The van der Waals surface area contributed by atoms with Crippen molar-refractivity contribution in [3.05, 3.63) is 30.1 Å². The Hall–Kier alpha value is -1.46. The number of carbonyl (C=O) groups excluding carboxylic acids is 1. The van der Waals surface area contributed by atoms with Crippen LogP contribution < -0.4 is 0 Å². The van der Waals surface area contributed by atoms with E-state index in [1.54, 1.807) is 24.5 Å². The van der Waals surface area contributed by atoms with Crippen LogP contribution in [0.15, 0.2) is 24.5 Å². The molecule has 0 aliphatic carbocycles. The highest BCUT2D eigenvalue weighted by molar-refractivity contribution is 5.94. The average molecular weight is 278 g/mol. The van der Waals surface area contributed by atoms with Gasteiger partial charge in [0.05, 0.1) is 19.3 Å². The third-order valence-electron chi connectivity index (χ3n) is 3.44. The summed E-state index contributed by atoms with van der Waals surface area (Å²) in [5.74, 6) is 0.0835. The molecule has 0 atom stereocenters. The van der Waals surface area contributed by atoms with Gasteiger partial charge >= 0.3 is 0 Å². The lowest BCUT2D eigenvalue weighted by Gasteiger charge is -2.32. The molecule has 1 amide bonds. The number of carbonyl (C=O) groups is 1. The predicted molar refractivity (Wildman–Crippen MR) is 75.6 cm³/mol. The molecule has 1 aliphatic rings. The number of likely N-dealkylation sites (tertiary alicyclic amines) is 1. The molecular formula is C15H22N2O3. The molecule has 5 heteroatoms. The maximum Gasteiger partial charge on any atom is 0.253 e. The summed E-state index contributed by atoms with van der Waals surface area (Å²) in [6, 6.07) is 3.51. The summed E-state index contributed by atoms with van der Waals surface area (Å²) in [4.78, 5) is 18.1. The van der Waals surface area contributed by atoms with E-state index in [4.69, 9.17) is 9.47 Å². The van der Waals surface area contributed by atoms with Crippen molar-refractivity contribution in [1.29, 1.82) is 0 Å². The van der Waals surface area contributed by atoms with E-state index >= 15 is 0 Å². The summed E-state index contributed by atoms with van der Waals surface area (Å²) in [6.07, 6.45) is 5.33. The van der Waals surface area contributed by atoms with Gasteiger partial charge in [0, 0.05) is 37.7 Å². The molecule has 110 valence electrons. The van der Waals surface area contributed by atoms with E-state index in [0.29, 0.717) is 18.8 Å². The first-order valence-corrected chi connectivity index (χ1v) is 7.20. The van der Waals surface area contributed by atoms with Crippen LogP contribution in [0.3, 0.4) is 0 Å². The molecule has 0 unspecified atom stereocenters. The van der Waals surface area contributed by atoms with Crippen LogP contribution in [0.2, 0.25) is 0 Å². The first kappa shape index (κ1) is 14.9. The first-order valence-electron chi connectivity index (χ1n) is 7.20. The highest BCUT2D eigenvalue weighted by atomic mass is 16.5. The lowest BCUT2D eigenvalue weighted by molar-refractivity contribution is -0.0182. The van der Waals surface area contributed by atoms with Gasteiger partial charge in [-0.3, -0.25) is 9.78 Å². The molecule has 0 radical (unpaired) electrons. The van der Waals surface area contributed by atoms with E-state index in [0.717, 1.165) is 32.5 Å². The third-order valence-corrected chi connectivity index (χ3v) is 3.44. The van der Waals surface area contributed by atoms with Crippen molar-refractivity contribution in [3.8, 4) is 0 Å². The number of rotatable bonds is 6. The van der Waals surface area contributed by atoms with Gasteiger partial charge in [-0.15, -0.1) is 0 Å². The summed E-state index contributed by atoms with van der Waals surface area (Å²) in [5.41, 5.74) is 0.704. The lowest BCUT2D eigenvalue weighted by atomic mass is 10.1. The zero-order valence-electron chi connectivity index (χ0n) is 12.0. The second-order valence-electron chi connectivity index (χ2n) is 4.80. The Bertz CT molecular complexity index is 403. The minimum atomic E-state index is 0.0835. The number of nitrogens with zero attached hydrogens (tertiary/aromatic N) is 2. The van der Waals surface area contributed by atoms with Gasteiger partial charge < -0.3 is 14.4 Å². The van der Waals surface area contributed by atoms with Crippen molar-refractivity contribution in [2.75, 3.05) is 32.9 Å². The molecule has 5 nitrogen and oxygen atoms in total.